The Hall–Kier alpha value is -1.64. The van der Waals surface area contributed by atoms with Crippen molar-refractivity contribution in [2.75, 3.05) is 20.3 Å². The first-order valence-electron chi connectivity index (χ1n) is 7.72. The zero-order chi connectivity index (χ0) is 18.2. The van der Waals surface area contributed by atoms with Crippen LogP contribution in [0.2, 0.25) is 0 Å². The van der Waals surface area contributed by atoms with Gasteiger partial charge in [0.25, 0.3) is 5.91 Å². The van der Waals surface area contributed by atoms with Gasteiger partial charge in [-0.2, -0.15) is 13.2 Å². The average Bonchev–Trinajstić information content (AvgIpc) is 2.53. The minimum absolute atomic E-state index is 0.260. The van der Waals surface area contributed by atoms with Crippen molar-refractivity contribution in [2.24, 2.45) is 11.5 Å². The molecule has 0 atom stereocenters. The lowest BCUT2D eigenvalue weighted by molar-refractivity contribution is -0.188. The summed E-state index contributed by atoms with van der Waals surface area (Å²) in [5.41, 5.74) is 7.28. The molecule has 0 saturated heterocycles. The molecule has 0 aromatic heterocycles. The Balaban J connectivity index is 2.47. The van der Waals surface area contributed by atoms with Crippen LogP contribution in [0.1, 0.15) is 41.6 Å². The Kier molecular flexibility index (Phi) is 7.65. The van der Waals surface area contributed by atoms with Gasteiger partial charge in [-0.1, -0.05) is 25.0 Å². The van der Waals surface area contributed by atoms with Crippen LogP contribution in [-0.2, 0) is 10.4 Å². The second-order valence-electron chi connectivity index (χ2n) is 5.61. The normalized spacial score (nSPS) is 12.2. The number of benzene rings is 1. The zero-order valence-electron chi connectivity index (χ0n) is 13.7. The van der Waals surface area contributed by atoms with Gasteiger partial charge in [-0.05, 0) is 30.5 Å². The van der Waals surface area contributed by atoms with Crippen molar-refractivity contribution in [1.29, 1.82) is 0 Å². The first kappa shape index (κ1) is 20.4. The molecule has 5 nitrogen and oxygen atoms in total. The Morgan fingerprint density at radius 2 is 1.67 bits per heavy atom. The van der Waals surface area contributed by atoms with E-state index in [9.17, 15) is 18.0 Å². The maximum Gasteiger partial charge on any atom is 0.423 e. The van der Waals surface area contributed by atoms with Crippen LogP contribution in [0, 0.1) is 0 Å². The molecule has 136 valence electrons. The summed E-state index contributed by atoms with van der Waals surface area (Å²) in [5, 5.41) is 2.72. The van der Waals surface area contributed by atoms with Crippen LogP contribution in [0.4, 0.5) is 13.2 Å². The number of rotatable bonds is 9. The number of methoxy groups -OCH3 is 1. The number of nitrogens with one attached hydrogen (secondary N) is 1. The minimum atomic E-state index is -4.78. The van der Waals surface area contributed by atoms with Crippen molar-refractivity contribution in [3.05, 3.63) is 35.4 Å². The second-order valence-corrected chi connectivity index (χ2v) is 5.61. The molecule has 0 radical (unpaired) electrons. The molecule has 1 amide bonds. The Bertz CT molecular complexity index is 516. The molecule has 1 aromatic rings. The SMILES string of the molecule is COCCCCCCNC(=O)c1ccc(C(N)(N)C(F)(F)F)cc1. The van der Waals surface area contributed by atoms with Crippen molar-refractivity contribution in [2.45, 2.75) is 37.5 Å². The van der Waals surface area contributed by atoms with Gasteiger partial charge >= 0.3 is 6.18 Å². The molecule has 5 N–H and O–H groups in total. The van der Waals surface area contributed by atoms with Crippen LogP contribution in [0.25, 0.3) is 0 Å². The average molecular weight is 347 g/mol. The van der Waals surface area contributed by atoms with E-state index >= 15 is 0 Å². The molecule has 1 aromatic carbocycles. The molecule has 0 heterocycles. The maximum atomic E-state index is 12.8. The van der Waals surface area contributed by atoms with E-state index in [-0.39, 0.29) is 17.0 Å². The third-order valence-electron chi connectivity index (χ3n) is 3.65. The minimum Gasteiger partial charge on any atom is -0.385 e. The zero-order valence-corrected chi connectivity index (χ0v) is 13.7. The van der Waals surface area contributed by atoms with Gasteiger partial charge in [-0.3, -0.25) is 4.79 Å². The van der Waals surface area contributed by atoms with Gasteiger partial charge in [0.05, 0.1) is 0 Å². The highest BCUT2D eigenvalue weighted by molar-refractivity contribution is 5.94. The van der Waals surface area contributed by atoms with E-state index in [0.29, 0.717) is 6.54 Å². The molecule has 0 spiro atoms. The van der Waals surface area contributed by atoms with Crippen molar-refractivity contribution in [1.82, 2.24) is 5.32 Å². The Morgan fingerprint density at radius 3 is 2.21 bits per heavy atom. The Labute approximate surface area is 139 Å². The van der Waals surface area contributed by atoms with E-state index in [0.717, 1.165) is 44.4 Å². The third-order valence-corrected chi connectivity index (χ3v) is 3.65. The molecular weight excluding hydrogens is 323 g/mol. The highest BCUT2D eigenvalue weighted by atomic mass is 19.4. The number of unbranched alkanes of at least 4 members (excludes halogenated alkanes) is 3. The number of halogens is 3. The monoisotopic (exact) mass is 347 g/mol. The van der Waals surface area contributed by atoms with Crippen LogP contribution in [-0.4, -0.2) is 32.3 Å². The fourth-order valence-electron chi connectivity index (χ4n) is 2.09. The molecule has 0 aliphatic rings. The van der Waals surface area contributed by atoms with E-state index in [1.54, 1.807) is 7.11 Å². The summed E-state index contributed by atoms with van der Waals surface area (Å²) in [6, 6.07) is 4.80. The second kappa shape index (κ2) is 9.00. The van der Waals surface area contributed by atoms with Gasteiger partial charge in [0.2, 0.25) is 0 Å². The summed E-state index contributed by atoms with van der Waals surface area (Å²) in [6.45, 7) is 1.23. The van der Waals surface area contributed by atoms with Crippen LogP contribution in [0.5, 0.6) is 0 Å². The summed E-state index contributed by atoms with van der Waals surface area (Å²) >= 11 is 0. The summed E-state index contributed by atoms with van der Waals surface area (Å²) in [5.74, 6) is -0.343. The largest absolute Gasteiger partial charge is 0.423 e. The fraction of sp³-hybridized carbons (Fsp3) is 0.562. The highest BCUT2D eigenvalue weighted by Crippen LogP contribution is 2.32. The van der Waals surface area contributed by atoms with Crippen LogP contribution < -0.4 is 16.8 Å². The number of hydrogen-bond donors (Lipinski definition) is 3. The smallest absolute Gasteiger partial charge is 0.385 e. The van der Waals surface area contributed by atoms with Crippen LogP contribution in [0.15, 0.2) is 24.3 Å². The van der Waals surface area contributed by atoms with Crippen LogP contribution in [0.3, 0.4) is 0 Å². The third kappa shape index (κ3) is 5.77. The van der Waals surface area contributed by atoms with Crippen molar-refractivity contribution >= 4 is 5.91 Å². The molecule has 0 bridgehead atoms. The van der Waals surface area contributed by atoms with Gasteiger partial charge in [-0.25, -0.2) is 0 Å². The molecule has 0 unspecified atom stereocenters. The number of nitrogens with two attached hydrogens (primary N) is 2. The first-order valence-corrected chi connectivity index (χ1v) is 7.72. The molecule has 0 aliphatic heterocycles. The van der Waals surface area contributed by atoms with Crippen molar-refractivity contribution in [3.63, 3.8) is 0 Å². The number of carbonyl (C=O) groups is 1. The fourth-order valence-corrected chi connectivity index (χ4v) is 2.09. The highest BCUT2D eigenvalue weighted by Gasteiger charge is 2.50. The maximum absolute atomic E-state index is 12.8. The van der Waals surface area contributed by atoms with Gasteiger partial charge in [-0.15, -0.1) is 0 Å². The molecule has 8 heteroatoms. The predicted molar refractivity (Wildman–Crippen MR) is 85.2 cm³/mol. The quantitative estimate of drug-likeness (QED) is 0.472. The molecule has 1 rings (SSSR count). The number of hydrogen-bond acceptors (Lipinski definition) is 4. The van der Waals surface area contributed by atoms with E-state index < -0.39 is 11.8 Å². The molecule has 0 aliphatic carbocycles. The summed E-state index contributed by atoms with van der Waals surface area (Å²) < 4.78 is 43.2. The topological polar surface area (TPSA) is 90.4 Å². The van der Waals surface area contributed by atoms with E-state index in [1.165, 1.54) is 12.1 Å². The van der Waals surface area contributed by atoms with Crippen molar-refractivity contribution < 1.29 is 22.7 Å². The molecule has 24 heavy (non-hydrogen) atoms. The summed E-state index contributed by atoms with van der Waals surface area (Å²) in [4.78, 5) is 11.9. The van der Waals surface area contributed by atoms with Gasteiger partial charge in [0, 0.05) is 25.8 Å². The number of amides is 1. The van der Waals surface area contributed by atoms with Gasteiger partial charge < -0.3 is 21.5 Å². The molecule has 0 saturated carbocycles. The van der Waals surface area contributed by atoms with E-state index in [4.69, 9.17) is 16.2 Å². The predicted octanol–water partition coefficient (Wildman–Crippen LogP) is 2.26. The first-order chi connectivity index (χ1) is 11.2. The molecule has 0 fully saturated rings. The lowest BCUT2D eigenvalue weighted by atomic mass is 9.99. The van der Waals surface area contributed by atoms with Crippen molar-refractivity contribution in [3.8, 4) is 0 Å². The lowest BCUT2D eigenvalue weighted by Gasteiger charge is -2.27. The van der Waals surface area contributed by atoms with E-state index in [1.807, 2.05) is 0 Å². The standard InChI is InChI=1S/C16H24F3N3O2/c1-24-11-5-3-2-4-10-22-14(23)12-6-8-13(9-7-12)15(20,21)16(17,18)19/h6-9H,2-5,10-11,20-21H2,1H3,(H,22,23). The number of alkyl halides is 3. The Morgan fingerprint density at radius 1 is 1.08 bits per heavy atom. The van der Waals surface area contributed by atoms with Gasteiger partial charge in [0.1, 0.15) is 0 Å². The van der Waals surface area contributed by atoms with Crippen LogP contribution >= 0.6 is 0 Å². The lowest BCUT2D eigenvalue weighted by Crippen LogP contribution is -2.57. The summed E-state index contributed by atoms with van der Waals surface area (Å²) in [7, 11) is 1.65. The number of carbonyl (C=O) groups excluding carboxylic acids is 1. The summed E-state index contributed by atoms with van der Waals surface area (Å²) in [6.07, 6.45) is -0.983. The molecular formula is C16H24F3N3O2. The number of ether oxygens (including phenoxy) is 1. The van der Waals surface area contributed by atoms with E-state index in [2.05, 4.69) is 5.32 Å². The van der Waals surface area contributed by atoms with Gasteiger partial charge in [0.15, 0.2) is 5.66 Å².